The van der Waals surface area contributed by atoms with Gasteiger partial charge in [-0.25, -0.2) is 4.79 Å². The monoisotopic (exact) mass is 646 g/mol. The second-order valence-corrected chi connectivity index (χ2v) is 10.5. The first-order valence-electron chi connectivity index (χ1n) is 13.3. The van der Waals surface area contributed by atoms with Crippen molar-refractivity contribution in [1.82, 2.24) is 9.80 Å². The van der Waals surface area contributed by atoms with Gasteiger partial charge in [0.25, 0.3) is 0 Å². The molecular formula is C30H27N2NaO13. The zero-order valence-corrected chi connectivity index (χ0v) is 23.3. The zero-order valence-electron chi connectivity index (χ0n) is 23.3. The van der Waals surface area contributed by atoms with Gasteiger partial charge in [-0.3, -0.25) is 29.0 Å². The van der Waals surface area contributed by atoms with Crippen molar-refractivity contribution >= 4 is 59.4 Å². The molecule has 0 atom stereocenters. The molecule has 6 N–H and O–H groups in total. The number of hydrogen-bond donors (Lipinski definition) is 6. The van der Waals surface area contributed by atoms with Crippen LogP contribution in [0.2, 0.25) is 0 Å². The average Bonchev–Trinajstić information content (AvgIpc) is 3.22. The van der Waals surface area contributed by atoms with Crippen molar-refractivity contribution in [2.45, 2.75) is 18.7 Å². The molecule has 0 bridgehead atoms. The van der Waals surface area contributed by atoms with Gasteiger partial charge in [-0.1, -0.05) is 18.2 Å². The van der Waals surface area contributed by atoms with Crippen LogP contribution >= 0.6 is 0 Å². The zero-order chi connectivity index (χ0) is 32.6. The maximum absolute atomic E-state index is 13.3. The number of phenols is 2. The van der Waals surface area contributed by atoms with Gasteiger partial charge in [0.2, 0.25) is 0 Å². The minimum absolute atomic E-state index is 0. The van der Waals surface area contributed by atoms with E-state index in [0.29, 0.717) is 5.56 Å². The van der Waals surface area contributed by atoms with E-state index in [4.69, 9.17) is 9.47 Å². The molecule has 2 aliphatic heterocycles. The quantitative estimate of drug-likeness (QED) is 0.119. The third-order valence-electron chi connectivity index (χ3n) is 7.34. The molecule has 0 unspecified atom stereocenters. The van der Waals surface area contributed by atoms with Gasteiger partial charge in [-0.05, 0) is 18.2 Å². The number of aromatic hydroxyl groups is 2. The molecule has 0 aliphatic carbocycles. The van der Waals surface area contributed by atoms with Crippen LogP contribution in [0, 0.1) is 0 Å². The summed E-state index contributed by atoms with van der Waals surface area (Å²) >= 11 is 0. The molecule has 3 aromatic carbocycles. The van der Waals surface area contributed by atoms with Crippen molar-refractivity contribution < 1.29 is 64.1 Å². The second-order valence-electron chi connectivity index (χ2n) is 10.5. The van der Waals surface area contributed by atoms with E-state index in [2.05, 4.69) is 0 Å². The molecule has 1 spiro atoms. The SMILES string of the molecule is O=C(O)CN(CC(=O)O)Cc1cc2c(cc1O)Oc1cc(O)c(CN(CC(=O)O)CC(=O)O)cc1C21OC(=O)c2ccccc21.[NaH]. The van der Waals surface area contributed by atoms with E-state index in [-0.39, 0.29) is 93.5 Å². The molecule has 46 heavy (non-hydrogen) atoms. The van der Waals surface area contributed by atoms with Crippen molar-refractivity contribution in [3.8, 4) is 23.0 Å². The molecule has 16 heteroatoms. The van der Waals surface area contributed by atoms with Crippen molar-refractivity contribution in [3.63, 3.8) is 0 Å². The van der Waals surface area contributed by atoms with E-state index < -0.39 is 61.6 Å². The number of carboxylic acid groups (broad SMARTS) is 4. The Morgan fingerprint density at radius 3 is 1.48 bits per heavy atom. The van der Waals surface area contributed by atoms with Crippen LogP contribution in [-0.4, -0.2) is 126 Å². The first-order valence-corrected chi connectivity index (χ1v) is 13.3. The fourth-order valence-electron chi connectivity index (χ4n) is 5.66. The molecule has 0 aromatic heterocycles. The Morgan fingerprint density at radius 1 is 0.652 bits per heavy atom. The van der Waals surface area contributed by atoms with Crippen molar-refractivity contribution in [1.29, 1.82) is 0 Å². The van der Waals surface area contributed by atoms with Gasteiger partial charge >= 0.3 is 59.4 Å². The van der Waals surface area contributed by atoms with Crippen LogP contribution in [0.3, 0.4) is 0 Å². The number of hydrogen-bond acceptors (Lipinski definition) is 11. The summed E-state index contributed by atoms with van der Waals surface area (Å²) in [6.45, 7) is -3.27. The number of carbonyl (C=O) groups is 5. The van der Waals surface area contributed by atoms with E-state index in [0.717, 1.165) is 9.80 Å². The molecule has 5 rings (SSSR count). The first kappa shape index (κ1) is 34.2. The first-order chi connectivity index (χ1) is 21.3. The third kappa shape index (κ3) is 6.63. The second kappa shape index (κ2) is 13.4. The van der Waals surface area contributed by atoms with Crippen molar-refractivity contribution in [2.24, 2.45) is 0 Å². The molecule has 2 aliphatic rings. The molecule has 2 heterocycles. The number of nitrogens with zero attached hydrogens (tertiary/aromatic N) is 2. The minimum atomic E-state index is -1.75. The Morgan fingerprint density at radius 2 is 1.07 bits per heavy atom. The normalized spacial score (nSPS) is 13.7. The topological polar surface area (TPSA) is 232 Å². The van der Waals surface area contributed by atoms with Gasteiger partial charge in [-0.2, -0.15) is 0 Å². The van der Waals surface area contributed by atoms with E-state index in [1.165, 1.54) is 30.3 Å². The van der Waals surface area contributed by atoms with Gasteiger partial charge in [0.15, 0.2) is 5.60 Å². The van der Waals surface area contributed by atoms with Crippen LogP contribution in [0.4, 0.5) is 0 Å². The molecule has 0 fully saturated rings. The molecular weight excluding hydrogens is 619 g/mol. The van der Waals surface area contributed by atoms with Crippen LogP contribution in [0.5, 0.6) is 23.0 Å². The number of carboxylic acids is 4. The molecule has 3 aromatic rings. The average molecular weight is 647 g/mol. The van der Waals surface area contributed by atoms with Crippen LogP contribution in [0.15, 0.2) is 48.5 Å². The number of benzene rings is 3. The molecule has 0 saturated heterocycles. The Balaban J connectivity index is 0.00000480. The summed E-state index contributed by atoms with van der Waals surface area (Å²) in [6.07, 6.45) is 0. The fraction of sp³-hybridized carbons (Fsp3) is 0.233. The summed E-state index contributed by atoms with van der Waals surface area (Å²) in [4.78, 5) is 61.0. The van der Waals surface area contributed by atoms with Crippen LogP contribution in [-0.2, 0) is 42.6 Å². The van der Waals surface area contributed by atoms with Gasteiger partial charge < -0.3 is 40.1 Å². The van der Waals surface area contributed by atoms with Gasteiger partial charge in [0, 0.05) is 53.0 Å². The molecule has 0 saturated carbocycles. The van der Waals surface area contributed by atoms with E-state index in [1.807, 2.05) is 0 Å². The molecule has 0 amide bonds. The molecule has 15 nitrogen and oxygen atoms in total. The summed E-state index contributed by atoms with van der Waals surface area (Å²) in [6, 6.07) is 11.7. The number of rotatable bonds is 12. The molecule has 0 radical (unpaired) electrons. The Bertz CT molecular complexity index is 1630. The standard InChI is InChI=1S/C30H26N2O13.Na.H/c33-21-7-23-19(5-15(21)9-31(11-25(35)36)12-26(37)38)30(18-4-2-1-3-17(18)29(43)45-30)20-6-16(22(34)8-24(20)44-23)10-32(13-27(39)40)14-28(41)42;;/h1-8,33-34H,9-14H2,(H,35,36)(H,37,38)(H,39,40)(H,41,42);;. The summed E-state index contributed by atoms with van der Waals surface area (Å²) in [5.74, 6) is -6.62. The van der Waals surface area contributed by atoms with E-state index in [9.17, 15) is 54.6 Å². The summed E-state index contributed by atoms with van der Waals surface area (Å²) in [5, 5.41) is 59.0. The predicted octanol–water partition coefficient (Wildman–Crippen LogP) is 0.960. The van der Waals surface area contributed by atoms with Gasteiger partial charge in [0.1, 0.15) is 23.0 Å². The van der Waals surface area contributed by atoms with E-state index >= 15 is 0 Å². The van der Waals surface area contributed by atoms with Crippen LogP contribution in [0.25, 0.3) is 0 Å². The Labute approximate surface area is 282 Å². The summed E-state index contributed by atoms with van der Waals surface area (Å²) in [5.41, 5.74) is -0.636. The third-order valence-corrected chi connectivity index (χ3v) is 7.34. The predicted molar refractivity (Wildman–Crippen MR) is 156 cm³/mol. The number of esters is 1. The summed E-state index contributed by atoms with van der Waals surface area (Å²) in [7, 11) is 0. The summed E-state index contributed by atoms with van der Waals surface area (Å²) < 4.78 is 12.1. The molecule has 236 valence electrons. The van der Waals surface area contributed by atoms with Crippen LogP contribution in [0.1, 0.15) is 38.2 Å². The number of fused-ring (bicyclic) bond motifs is 6. The van der Waals surface area contributed by atoms with Gasteiger partial charge in [-0.15, -0.1) is 0 Å². The Kier molecular flexibility index (Phi) is 9.94. The van der Waals surface area contributed by atoms with Crippen molar-refractivity contribution in [3.05, 3.63) is 81.9 Å². The fourth-order valence-corrected chi connectivity index (χ4v) is 5.66. The van der Waals surface area contributed by atoms with Crippen LogP contribution < -0.4 is 4.74 Å². The number of phenolic OH excluding ortho intramolecular Hbond substituents is 2. The van der Waals surface area contributed by atoms with Gasteiger partial charge in [0.05, 0.1) is 31.7 Å². The Hall–Kier alpha value is -4.67. The van der Waals surface area contributed by atoms with E-state index in [1.54, 1.807) is 18.2 Å². The number of ether oxygens (including phenoxy) is 2. The number of aliphatic carboxylic acids is 4. The van der Waals surface area contributed by atoms with Crippen molar-refractivity contribution in [2.75, 3.05) is 26.2 Å². The number of carbonyl (C=O) groups excluding carboxylic acids is 1. The maximum atomic E-state index is 13.3.